The molecule has 2 heterocycles. The summed E-state index contributed by atoms with van der Waals surface area (Å²) in [6.07, 6.45) is 4.11. The predicted molar refractivity (Wildman–Crippen MR) is 55.1 cm³/mol. The molecule has 0 radical (unpaired) electrons. The van der Waals surface area contributed by atoms with Gasteiger partial charge in [-0.05, 0) is 18.1 Å². The zero-order valence-corrected chi connectivity index (χ0v) is 8.47. The minimum atomic E-state index is -0.345. The van der Waals surface area contributed by atoms with Crippen LogP contribution in [0.2, 0.25) is 0 Å². The molecule has 4 heteroatoms. The molecule has 1 amide bonds. The molecule has 1 aliphatic rings. The first-order valence-electron chi connectivity index (χ1n) is 5.10. The predicted octanol–water partition coefficient (Wildman–Crippen LogP) is 0.217. The third-order valence-electron chi connectivity index (χ3n) is 2.59. The number of aromatic nitrogens is 1. The highest BCUT2D eigenvalue weighted by atomic mass is 16.3. The summed E-state index contributed by atoms with van der Waals surface area (Å²) in [5, 5.41) is 9.31. The molecule has 0 unspecified atom stereocenters. The number of hydrogen-bond acceptors (Lipinski definition) is 3. The number of aliphatic hydroxyl groups excluding tert-OH is 1. The van der Waals surface area contributed by atoms with Crippen LogP contribution in [0.3, 0.4) is 0 Å². The van der Waals surface area contributed by atoms with Crippen LogP contribution in [-0.2, 0) is 11.2 Å². The highest BCUT2D eigenvalue weighted by Crippen LogP contribution is 2.10. The van der Waals surface area contributed by atoms with E-state index in [4.69, 9.17) is 0 Å². The van der Waals surface area contributed by atoms with E-state index in [0.29, 0.717) is 25.9 Å². The normalized spacial score (nSPS) is 20.6. The van der Waals surface area contributed by atoms with Gasteiger partial charge in [-0.1, -0.05) is 6.07 Å². The molecule has 0 aliphatic carbocycles. The summed E-state index contributed by atoms with van der Waals surface area (Å²) in [4.78, 5) is 17.4. The molecule has 0 aromatic carbocycles. The Morgan fingerprint density at radius 1 is 1.67 bits per heavy atom. The van der Waals surface area contributed by atoms with Gasteiger partial charge in [-0.2, -0.15) is 0 Å². The van der Waals surface area contributed by atoms with Crippen molar-refractivity contribution in [2.45, 2.75) is 18.9 Å². The fourth-order valence-electron chi connectivity index (χ4n) is 1.76. The van der Waals surface area contributed by atoms with E-state index >= 15 is 0 Å². The molecule has 4 nitrogen and oxygen atoms in total. The molecule has 0 spiro atoms. The Morgan fingerprint density at radius 3 is 3.13 bits per heavy atom. The lowest BCUT2D eigenvalue weighted by Gasteiger charge is -2.15. The highest BCUT2D eigenvalue weighted by Gasteiger charge is 2.24. The number of carbonyl (C=O) groups is 1. The minimum absolute atomic E-state index is 0.0690. The fourth-order valence-corrected chi connectivity index (χ4v) is 1.76. The van der Waals surface area contributed by atoms with Gasteiger partial charge in [0, 0.05) is 25.5 Å². The summed E-state index contributed by atoms with van der Waals surface area (Å²) in [5.41, 5.74) is 0.920. The van der Waals surface area contributed by atoms with Gasteiger partial charge in [0.05, 0.1) is 12.5 Å². The van der Waals surface area contributed by atoms with Gasteiger partial charge in [-0.25, -0.2) is 0 Å². The van der Waals surface area contributed by atoms with Crippen LogP contribution in [0.15, 0.2) is 24.5 Å². The monoisotopic (exact) mass is 206 g/mol. The van der Waals surface area contributed by atoms with E-state index in [2.05, 4.69) is 4.98 Å². The van der Waals surface area contributed by atoms with Crippen molar-refractivity contribution < 1.29 is 9.90 Å². The van der Waals surface area contributed by atoms with E-state index in [0.717, 1.165) is 5.56 Å². The Bertz CT molecular complexity index is 340. The molecule has 1 N–H and O–H groups in total. The summed E-state index contributed by atoms with van der Waals surface area (Å²) in [6, 6.07) is 3.71. The van der Waals surface area contributed by atoms with Gasteiger partial charge in [-0.15, -0.1) is 0 Å². The zero-order valence-electron chi connectivity index (χ0n) is 8.47. The quantitative estimate of drug-likeness (QED) is 0.753. The molecule has 15 heavy (non-hydrogen) atoms. The van der Waals surface area contributed by atoms with Crippen molar-refractivity contribution in [1.29, 1.82) is 0 Å². The molecule has 1 aromatic heterocycles. The first-order valence-corrected chi connectivity index (χ1v) is 5.10. The summed E-state index contributed by atoms with van der Waals surface area (Å²) in [6.45, 7) is 1.14. The van der Waals surface area contributed by atoms with Gasteiger partial charge in [0.2, 0.25) is 5.91 Å². The van der Waals surface area contributed by atoms with E-state index in [1.54, 1.807) is 17.3 Å². The Kier molecular flexibility index (Phi) is 2.97. The number of aliphatic hydroxyl groups is 1. The highest BCUT2D eigenvalue weighted by molar-refractivity contribution is 5.78. The van der Waals surface area contributed by atoms with E-state index in [1.165, 1.54) is 0 Å². The second-order valence-corrected chi connectivity index (χ2v) is 3.82. The smallest absolute Gasteiger partial charge is 0.227 e. The van der Waals surface area contributed by atoms with Gasteiger partial charge < -0.3 is 10.0 Å². The molecule has 1 fully saturated rings. The minimum Gasteiger partial charge on any atom is -0.391 e. The molecule has 1 aliphatic heterocycles. The van der Waals surface area contributed by atoms with Crippen LogP contribution in [-0.4, -0.2) is 40.1 Å². The maximum Gasteiger partial charge on any atom is 0.227 e. The molecular weight excluding hydrogens is 192 g/mol. The van der Waals surface area contributed by atoms with Crippen molar-refractivity contribution in [2.75, 3.05) is 13.1 Å². The third kappa shape index (κ3) is 2.53. The van der Waals surface area contributed by atoms with E-state index < -0.39 is 0 Å². The van der Waals surface area contributed by atoms with Gasteiger partial charge in [-0.3, -0.25) is 9.78 Å². The van der Waals surface area contributed by atoms with Crippen LogP contribution in [0.25, 0.3) is 0 Å². The van der Waals surface area contributed by atoms with Gasteiger partial charge in [0.1, 0.15) is 0 Å². The summed E-state index contributed by atoms with van der Waals surface area (Å²) in [7, 11) is 0. The number of pyridine rings is 1. The zero-order chi connectivity index (χ0) is 10.7. The lowest BCUT2D eigenvalue weighted by atomic mass is 10.2. The van der Waals surface area contributed by atoms with E-state index in [9.17, 15) is 9.90 Å². The largest absolute Gasteiger partial charge is 0.391 e. The lowest BCUT2D eigenvalue weighted by Crippen LogP contribution is -2.30. The number of likely N-dealkylation sites (tertiary alicyclic amines) is 1. The van der Waals surface area contributed by atoms with Crippen LogP contribution in [0, 0.1) is 0 Å². The van der Waals surface area contributed by atoms with Crippen LogP contribution in [0.5, 0.6) is 0 Å². The van der Waals surface area contributed by atoms with Gasteiger partial charge in [0.15, 0.2) is 0 Å². The van der Waals surface area contributed by atoms with Crippen molar-refractivity contribution >= 4 is 5.91 Å². The summed E-state index contributed by atoms with van der Waals surface area (Å²) >= 11 is 0. The van der Waals surface area contributed by atoms with E-state index in [1.807, 2.05) is 12.1 Å². The topological polar surface area (TPSA) is 53.4 Å². The summed E-state index contributed by atoms with van der Waals surface area (Å²) in [5.74, 6) is 0.0690. The van der Waals surface area contributed by atoms with Crippen LogP contribution >= 0.6 is 0 Å². The first-order chi connectivity index (χ1) is 7.25. The van der Waals surface area contributed by atoms with Crippen molar-refractivity contribution in [2.24, 2.45) is 0 Å². The Morgan fingerprint density at radius 2 is 2.53 bits per heavy atom. The fraction of sp³-hybridized carbons (Fsp3) is 0.455. The molecular formula is C11H14N2O2. The average Bonchev–Trinajstić information content (AvgIpc) is 2.66. The third-order valence-corrected chi connectivity index (χ3v) is 2.59. The first kappa shape index (κ1) is 10.1. The van der Waals surface area contributed by atoms with Crippen molar-refractivity contribution in [3.05, 3.63) is 30.1 Å². The summed E-state index contributed by atoms with van der Waals surface area (Å²) < 4.78 is 0. The second kappa shape index (κ2) is 4.40. The van der Waals surface area contributed by atoms with Gasteiger partial charge >= 0.3 is 0 Å². The maximum atomic E-state index is 11.7. The number of β-amino-alcohol motifs (C(OH)–C–C–N with tert-alkyl or cyclic N) is 1. The Hall–Kier alpha value is -1.42. The Balaban J connectivity index is 1.93. The average molecular weight is 206 g/mol. The molecule has 80 valence electrons. The molecule has 1 aromatic rings. The molecule has 1 saturated heterocycles. The molecule has 0 saturated carbocycles. The number of nitrogens with zero attached hydrogens (tertiary/aromatic N) is 2. The SMILES string of the molecule is O=C(Cc1cccnc1)N1CC[C@@H](O)C1. The van der Waals surface area contributed by atoms with Crippen LogP contribution in [0.1, 0.15) is 12.0 Å². The van der Waals surface area contributed by atoms with Crippen molar-refractivity contribution in [1.82, 2.24) is 9.88 Å². The number of carbonyl (C=O) groups excluding carboxylic acids is 1. The number of amides is 1. The van der Waals surface area contributed by atoms with Crippen molar-refractivity contribution in [3.63, 3.8) is 0 Å². The van der Waals surface area contributed by atoms with Crippen LogP contribution in [0.4, 0.5) is 0 Å². The number of hydrogen-bond donors (Lipinski definition) is 1. The molecule has 1 atom stereocenters. The lowest BCUT2D eigenvalue weighted by molar-refractivity contribution is -0.129. The Labute approximate surface area is 88.6 Å². The standard InChI is InChI=1S/C11H14N2O2/c14-10-3-5-13(8-10)11(15)6-9-2-1-4-12-7-9/h1-2,4,7,10,14H,3,5-6,8H2/t10-/m1/s1. The van der Waals surface area contributed by atoms with Crippen LogP contribution < -0.4 is 0 Å². The molecule has 0 bridgehead atoms. The second-order valence-electron chi connectivity index (χ2n) is 3.82. The van der Waals surface area contributed by atoms with E-state index in [-0.39, 0.29) is 12.0 Å². The number of rotatable bonds is 2. The van der Waals surface area contributed by atoms with Gasteiger partial charge in [0.25, 0.3) is 0 Å². The van der Waals surface area contributed by atoms with Crippen molar-refractivity contribution in [3.8, 4) is 0 Å². The molecule has 2 rings (SSSR count). The maximum absolute atomic E-state index is 11.7.